The summed E-state index contributed by atoms with van der Waals surface area (Å²) in [6, 6.07) is 5.59. The van der Waals surface area contributed by atoms with E-state index >= 15 is 0 Å². The fourth-order valence-electron chi connectivity index (χ4n) is 1.71. The Hall–Kier alpha value is -1.82. The van der Waals surface area contributed by atoms with Gasteiger partial charge in [0.1, 0.15) is 11.6 Å². The second kappa shape index (κ2) is 5.66. The topological polar surface area (TPSA) is 73.1 Å². The molecule has 0 aliphatic carbocycles. The van der Waals surface area contributed by atoms with E-state index in [0.717, 1.165) is 28.0 Å². The number of aromatic nitrogens is 2. The summed E-state index contributed by atoms with van der Waals surface area (Å²) < 4.78 is 9.69. The van der Waals surface area contributed by atoms with Gasteiger partial charge in [0, 0.05) is 34.7 Å². The standard InChI is InChI=1S/C14H20N4OS/c1-14(2,3)12-17-13(20-18-12)16-8-9-7-10(15)5-6-11(9)19-4/h5-7H,8,15H2,1-4H3,(H,16,17,18). The SMILES string of the molecule is COc1ccc(N)cc1CNc1nc(C(C)(C)C)ns1. The van der Waals surface area contributed by atoms with Crippen LogP contribution in [0.2, 0.25) is 0 Å². The van der Waals surface area contributed by atoms with Gasteiger partial charge in [-0.2, -0.15) is 4.37 Å². The number of nitrogen functional groups attached to an aromatic ring is 1. The number of nitrogens with two attached hydrogens (primary N) is 1. The van der Waals surface area contributed by atoms with E-state index in [4.69, 9.17) is 10.5 Å². The third kappa shape index (κ3) is 3.39. The maximum atomic E-state index is 5.80. The fourth-order valence-corrected chi connectivity index (χ4v) is 2.46. The Morgan fingerprint density at radius 1 is 1.35 bits per heavy atom. The maximum Gasteiger partial charge on any atom is 0.202 e. The molecule has 6 heteroatoms. The van der Waals surface area contributed by atoms with E-state index in [1.54, 1.807) is 7.11 Å². The van der Waals surface area contributed by atoms with E-state index in [-0.39, 0.29) is 5.41 Å². The number of benzene rings is 1. The van der Waals surface area contributed by atoms with Crippen molar-refractivity contribution in [3.05, 3.63) is 29.6 Å². The van der Waals surface area contributed by atoms with E-state index in [2.05, 4.69) is 35.4 Å². The van der Waals surface area contributed by atoms with Crippen molar-refractivity contribution in [1.29, 1.82) is 0 Å². The zero-order valence-electron chi connectivity index (χ0n) is 12.2. The van der Waals surface area contributed by atoms with Gasteiger partial charge in [-0.1, -0.05) is 20.8 Å². The highest BCUT2D eigenvalue weighted by molar-refractivity contribution is 7.09. The van der Waals surface area contributed by atoms with Crippen molar-refractivity contribution in [1.82, 2.24) is 9.36 Å². The lowest BCUT2D eigenvalue weighted by molar-refractivity contribution is 0.410. The normalized spacial score (nSPS) is 11.4. The summed E-state index contributed by atoms with van der Waals surface area (Å²) in [5, 5.41) is 4.07. The molecule has 0 aliphatic heterocycles. The molecular weight excluding hydrogens is 272 g/mol. The van der Waals surface area contributed by atoms with Crippen molar-refractivity contribution >= 4 is 22.4 Å². The Balaban J connectivity index is 2.09. The minimum absolute atomic E-state index is 0.0364. The van der Waals surface area contributed by atoms with E-state index in [0.29, 0.717) is 6.54 Å². The molecule has 0 saturated heterocycles. The maximum absolute atomic E-state index is 5.80. The Kier molecular flexibility index (Phi) is 4.13. The van der Waals surface area contributed by atoms with Crippen LogP contribution in [0.5, 0.6) is 5.75 Å². The van der Waals surface area contributed by atoms with Gasteiger partial charge in [-0.3, -0.25) is 0 Å². The van der Waals surface area contributed by atoms with Crippen molar-refractivity contribution in [2.75, 3.05) is 18.2 Å². The second-order valence-electron chi connectivity index (χ2n) is 5.60. The number of rotatable bonds is 4. The molecule has 0 bridgehead atoms. The number of nitrogens with zero attached hydrogens (tertiary/aromatic N) is 2. The summed E-state index contributed by atoms with van der Waals surface area (Å²) in [6.07, 6.45) is 0. The molecule has 20 heavy (non-hydrogen) atoms. The van der Waals surface area contributed by atoms with Crippen LogP contribution in [-0.4, -0.2) is 16.5 Å². The van der Waals surface area contributed by atoms with Crippen molar-refractivity contribution in [3.63, 3.8) is 0 Å². The summed E-state index contributed by atoms with van der Waals surface area (Å²) in [7, 11) is 1.65. The first kappa shape index (κ1) is 14.6. The van der Waals surface area contributed by atoms with Gasteiger partial charge < -0.3 is 15.8 Å². The molecular formula is C14H20N4OS. The van der Waals surface area contributed by atoms with Crippen molar-refractivity contribution < 1.29 is 4.74 Å². The number of hydrogen-bond donors (Lipinski definition) is 2. The minimum Gasteiger partial charge on any atom is -0.496 e. The molecule has 0 amide bonds. The molecule has 1 aromatic carbocycles. The molecule has 0 aliphatic rings. The number of methoxy groups -OCH3 is 1. The van der Waals surface area contributed by atoms with Gasteiger partial charge in [-0.05, 0) is 18.2 Å². The first-order valence-electron chi connectivity index (χ1n) is 6.40. The summed E-state index contributed by atoms with van der Waals surface area (Å²) in [5.41, 5.74) is 7.49. The highest BCUT2D eigenvalue weighted by Gasteiger charge is 2.19. The van der Waals surface area contributed by atoms with Gasteiger partial charge >= 0.3 is 0 Å². The predicted octanol–water partition coefficient (Wildman–Crippen LogP) is 3.04. The van der Waals surface area contributed by atoms with Crippen LogP contribution in [0.15, 0.2) is 18.2 Å². The summed E-state index contributed by atoms with van der Waals surface area (Å²) in [4.78, 5) is 4.50. The minimum atomic E-state index is -0.0364. The van der Waals surface area contributed by atoms with E-state index in [9.17, 15) is 0 Å². The van der Waals surface area contributed by atoms with Crippen LogP contribution in [0.25, 0.3) is 0 Å². The van der Waals surface area contributed by atoms with Gasteiger partial charge in [0.25, 0.3) is 0 Å². The number of hydrogen-bond acceptors (Lipinski definition) is 6. The molecule has 0 fully saturated rings. The van der Waals surface area contributed by atoms with E-state index in [1.165, 1.54) is 11.5 Å². The molecule has 5 nitrogen and oxygen atoms in total. The third-order valence-corrected chi connectivity index (χ3v) is 3.50. The van der Waals surface area contributed by atoms with Crippen LogP contribution in [0.4, 0.5) is 10.8 Å². The highest BCUT2D eigenvalue weighted by Crippen LogP contribution is 2.25. The fraction of sp³-hybridized carbons (Fsp3) is 0.429. The summed E-state index contributed by atoms with van der Waals surface area (Å²) in [5.74, 6) is 1.66. The molecule has 108 valence electrons. The molecule has 0 atom stereocenters. The molecule has 2 aromatic rings. The average Bonchev–Trinajstić information content (AvgIpc) is 2.85. The van der Waals surface area contributed by atoms with Crippen molar-refractivity contribution in [3.8, 4) is 5.75 Å². The van der Waals surface area contributed by atoms with Crippen LogP contribution in [-0.2, 0) is 12.0 Å². The molecule has 1 aromatic heterocycles. The zero-order chi connectivity index (χ0) is 14.8. The van der Waals surface area contributed by atoms with E-state index < -0.39 is 0 Å². The lowest BCUT2D eigenvalue weighted by atomic mass is 9.96. The zero-order valence-corrected chi connectivity index (χ0v) is 13.0. The first-order chi connectivity index (χ1) is 9.40. The Morgan fingerprint density at radius 3 is 2.70 bits per heavy atom. The van der Waals surface area contributed by atoms with Crippen LogP contribution < -0.4 is 15.8 Å². The van der Waals surface area contributed by atoms with E-state index in [1.807, 2.05) is 18.2 Å². The molecule has 2 rings (SSSR count). The van der Waals surface area contributed by atoms with Crippen LogP contribution >= 0.6 is 11.5 Å². The molecule has 1 heterocycles. The first-order valence-corrected chi connectivity index (χ1v) is 7.18. The third-order valence-electron chi connectivity index (χ3n) is 2.83. The quantitative estimate of drug-likeness (QED) is 0.847. The summed E-state index contributed by atoms with van der Waals surface area (Å²) in [6.45, 7) is 6.90. The van der Waals surface area contributed by atoms with Gasteiger partial charge in [0.2, 0.25) is 5.13 Å². The second-order valence-corrected chi connectivity index (χ2v) is 6.35. The monoisotopic (exact) mass is 292 g/mol. The smallest absolute Gasteiger partial charge is 0.202 e. The average molecular weight is 292 g/mol. The lowest BCUT2D eigenvalue weighted by Crippen LogP contribution is -2.13. The van der Waals surface area contributed by atoms with Crippen LogP contribution in [0, 0.1) is 0 Å². The molecule has 0 saturated carbocycles. The van der Waals surface area contributed by atoms with Gasteiger partial charge in [-0.25, -0.2) is 4.98 Å². The molecule has 3 N–H and O–H groups in total. The molecule has 0 radical (unpaired) electrons. The van der Waals surface area contributed by atoms with Gasteiger partial charge in [-0.15, -0.1) is 0 Å². The largest absolute Gasteiger partial charge is 0.496 e. The van der Waals surface area contributed by atoms with Gasteiger partial charge in [0.15, 0.2) is 0 Å². The number of anilines is 2. The lowest BCUT2D eigenvalue weighted by Gasteiger charge is -2.12. The molecule has 0 spiro atoms. The van der Waals surface area contributed by atoms with Crippen molar-refractivity contribution in [2.45, 2.75) is 32.7 Å². The van der Waals surface area contributed by atoms with Crippen LogP contribution in [0.3, 0.4) is 0 Å². The number of ether oxygens (including phenoxy) is 1. The Bertz CT molecular complexity index is 589. The summed E-state index contributed by atoms with van der Waals surface area (Å²) >= 11 is 1.37. The molecule has 0 unspecified atom stereocenters. The van der Waals surface area contributed by atoms with Gasteiger partial charge in [0.05, 0.1) is 7.11 Å². The highest BCUT2D eigenvalue weighted by atomic mass is 32.1. The number of nitrogens with one attached hydrogen (secondary N) is 1. The predicted molar refractivity (Wildman–Crippen MR) is 83.3 cm³/mol. The Labute approximate surface area is 123 Å². The van der Waals surface area contributed by atoms with Crippen molar-refractivity contribution in [2.24, 2.45) is 0 Å². The van der Waals surface area contributed by atoms with Crippen LogP contribution in [0.1, 0.15) is 32.2 Å². The Morgan fingerprint density at radius 2 is 2.10 bits per heavy atom.